The molecule has 0 amide bonds. The zero-order valence-electron chi connectivity index (χ0n) is 6.46. The standard InChI is InChI=1S/C7H2BrClINO2S/c8-7-4(3-11)6(14(9,12)13)2-1-5(7)10/h1-2H. The smallest absolute Gasteiger partial charge is 0.207 e. The normalized spacial score (nSPS) is 11.0. The minimum Gasteiger partial charge on any atom is -0.207 e. The molecule has 0 N–H and O–H groups in total. The van der Waals surface area contributed by atoms with Gasteiger partial charge in [-0.2, -0.15) is 5.26 Å². The van der Waals surface area contributed by atoms with Crippen molar-refractivity contribution in [3.05, 3.63) is 25.7 Å². The summed E-state index contributed by atoms with van der Waals surface area (Å²) in [6.45, 7) is 0. The highest BCUT2D eigenvalue weighted by Gasteiger charge is 2.19. The zero-order chi connectivity index (χ0) is 10.9. The number of benzene rings is 1. The molecule has 0 aliphatic carbocycles. The number of nitrogens with zero attached hydrogens (tertiary/aromatic N) is 1. The molecule has 0 saturated carbocycles. The Morgan fingerprint density at radius 2 is 2.07 bits per heavy atom. The van der Waals surface area contributed by atoms with E-state index in [-0.39, 0.29) is 10.5 Å². The average Bonchev–Trinajstić information content (AvgIpc) is 2.07. The van der Waals surface area contributed by atoms with Crippen LogP contribution in [-0.2, 0) is 9.05 Å². The summed E-state index contributed by atoms with van der Waals surface area (Å²) in [6.07, 6.45) is 0. The van der Waals surface area contributed by atoms with E-state index >= 15 is 0 Å². The number of halogens is 3. The Hall–Kier alpha value is 0.160. The van der Waals surface area contributed by atoms with E-state index in [0.29, 0.717) is 4.47 Å². The van der Waals surface area contributed by atoms with E-state index < -0.39 is 9.05 Å². The molecule has 3 nitrogen and oxygen atoms in total. The van der Waals surface area contributed by atoms with Gasteiger partial charge in [0.15, 0.2) is 0 Å². The van der Waals surface area contributed by atoms with E-state index in [1.807, 2.05) is 22.6 Å². The van der Waals surface area contributed by atoms with Crippen LogP contribution in [0.3, 0.4) is 0 Å². The molecule has 0 fully saturated rings. The fraction of sp³-hybridized carbons (Fsp3) is 0. The molecule has 0 heterocycles. The first-order chi connectivity index (χ1) is 6.38. The highest BCUT2D eigenvalue weighted by atomic mass is 127. The van der Waals surface area contributed by atoms with Crippen molar-refractivity contribution in [1.29, 1.82) is 5.26 Å². The molecule has 0 unspecified atom stereocenters. The molecule has 0 aliphatic rings. The summed E-state index contributed by atoms with van der Waals surface area (Å²) < 4.78 is 23.3. The summed E-state index contributed by atoms with van der Waals surface area (Å²) >= 11 is 5.11. The van der Waals surface area contributed by atoms with Crippen LogP contribution in [0.4, 0.5) is 0 Å². The summed E-state index contributed by atoms with van der Waals surface area (Å²) in [7, 11) is 1.30. The van der Waals surface area contributed by atoms with Crippen molar-refractivity contribution in [3.8, 4) is 6.07 Å². The molecule has 0 bridgehead atoms. The zero-order valence-corrected chi connectivity index (χ0v) is 11.8. The number of rotatable bonds is 1. The van der Waals surface area contributed by atoms with Crippen molar-refractivity contribution in [2.45, 2.75) is 4.90 Å². The molecular weight excluding hydrogens is 404 g/mol. The van der Waals surface area contributed by atoms with E-state index in [0.717, 1.165) is 3.57 Å². The summed E-state index contributed by atoms with van der Waals surface area (Å²) in [5.74, 6) is 0. The highest BCUT2D eigenvalue weighted by Crippen LogP contribution is 2.30. The van der Waals surface area contributed by atoms with Gasteiger partial charge in [-0.3, -0.25) is 0 Å². The van der Waals surface area contributed by atoms with E-state index in [9.17, 15) is 8.42 Å². The first kappa shape index (κ1) is 12.2. The van der Waals surface area contributed by atoms with E-state index in [1.54, 1.807) is 12.1 Å². The first-order valence-electron chi connectivity index (χ1n) is 3.20. The summed E-state index contributed by atoms with van der Waals surface area (Å²) in [4.78, 5) is -0.172. The van der Waals surface area contributed by atoms with Crippen LogP contribution in [0.1, 0.15) is 5.56 Å². The Morgan fingerprint density at radius 3 is 2.50 bits per heavy atom. The van der Waals surface area contributed by atoms with Crippen molar-refractivity contribution in [3.63, 3.8) is 0 Å². The highest BCUT2D eigenvalue weighted by molar-refractivity contribution is 14.1. The van der Waals surface area contributed by atoms with Crippen LogP contribution in [0, 0.1) is 14.9 Å². The fourth-order valence-electron chi connectivity index (χ4n) is 0.840. The molecular formula is C7H2BrClINO2S. The summed E-state index contributed by atoms with van der Waals surface area (Å²) in [5, 5.41) is 8.78. The molecule has 0 atom stereocenters. The minimum atomic E-state index is -3.87. The van der Waals surface area contributed by atoms with Gasteiger partial charge in [0.25, 0.3) is 9.05 Å². The minimum absolute atomic E-state index is 0.0342. The van der Waals surface area contributed by atoms with Gasteiger partial charge in [-0.15, -0.1) is 0 Å². The lowest BCUT2D eigenvalue weighted by molar-refractivity contribution is 0.609. The second-order valence-electron chi connectivity index (χ2n) is 2.28. The quantitative estimate of drug-likeness (QED) is 0.532. The van der Waals surface area contributed by atoms with Crippen molar-refractivity contribution in [1.82, 2.24) is 0 Å². The van der Waals surface area contributed by atoms with Gasteiger partial charge in [0, 0.05) is 14.3 Å². The Balaban J connectivity index is 3.66. The molecule has 0 saturated heterocycles. The van der Waals surface area contributed by atoms with Gasteiger partial charge in [0.05, 0.1) is 10.0 Å². The molecule has 1 rings (SSSR count). The second kappa shape index (κ2) is 4.35. The SMILES string of the molecule is N#Cc1c(S(=O)(=O)Cl)ccc(I)c1Br. The maximum absolute atomic E-state index is 11.1. The molecule has 14 heavy (non-hydrogen) atoms. The third kappa shape index (κ3) is 2.39. The van der Waals surface area contributed by atoms with E-state index in [2.05, 4.69) is 15.9 Å². The molecule has 1 aromatic rings. The van der Waals surface area contributed by atoms with Crippen molar-refractivity contribution in [2.24, 2.45) is 0 Å². The van der Waals surface area contributed by atoms with Gasteiger partial charge >= 0.3 is 0 Å². The van der Waals surface area contributed by atoms with Crippen molar-refractivity contribution >= 4 is 58.3 Å². The number of nitriles is 1. The number of hydrogen-bond donors (Lipinski definition) is 0. The Labute approximate surface area is 108 Å². The van der Waals surface area contributed by atoms with Crippen LogP contribution in [0.25, 0.3) is 0 Å². The van der Waals surface area contributed by atoms with Crippen LogP contribution in [0.2, 0.25) is 0 Å². The van der Waals surface area contributed by atoms with Crippen LogP contribution in [0.15, 0.2) is 21.5 Å². The summed E-state index contributed by atoms with van der Waals surface area (Å²) in [5.41, 5.74) is 0.0342. The molecule has 74 valence electrons. The lowest BCUT2D eigenvalue weighted by Crippen LogP contribution is -1.97. The van der Waals surface area contributed by atoms with Gasteiger partial charge < -0.3 is 0 Å². The van der Waals surface area contributed by atoms with Gasteiger partial charge in [-0.05, 0) is 50.7 Å². The lowest BCUT2D eigenvalue weighted by atomic mass is 10.2. The third-order valence-electron chi connectivity index (χ3n) is 1.43. The Kier molecular flexibility index (Phi) is 3.80. The Bertz CT molecular complexity index is 523. The van der Waals surface area contributed by atoms with Crippen LogP contribution in [0.5, 0.6) is 0 Å². The van der Waals surface area contributed by atoms with E-state index in [1.165, 1.54) is 6.07 Å². The number of hydrogen-bond acceptors (Lipinski definition) is 3. The second-order valence-corrected chi connectivity index (χ2v) is 6.77. The predicted octanol–water partition coefficient (Wildman–Crippen LogP) is 2.85. The van der Waals surface area contributed by atoms with Crippen molar-refractivity contribution < 1.29 is 8.42 Å². The van der Waals surface area contributed by atoms with Gasteiger partial charge in [0.1, 0.15) is 11.0 Å². The van der Waals surface area contributed by atoms with Gasteiger partial charge in [0.2, 0.25) is 0 Å². The van der Waals surface area contributed by atoms with Gasteiger partial charge in [-0.25, -0.2) is 8.42 Å². The Morgan fingerprint density at radius 1 is 1.50 bits per heavy atom. The maximum Gasteiger partial charge on any atom is 0.262 e. The fourth-order valence-corrected chi connectivity index (χ4v) is 2.86. The maximum atomic E-state index is 11.1. The molecule has 0 aromatic heterocycles. The third-order valence-corrected chi connectivity index (χ3v) is 5.26. The topological polar surface area (TPSA) is 57.9 Å². The largest absolute Gasteiger partial charge is 0.262 e. The average molecular weight is 406 g/mol. The van der Waals surface area contributed by atoms with Gasteiger partial charge in [-0.1, -0.05) is 0 Å². The molecule has 0 spiro atoms. The van der Waals surface area contributed by atoms with Crippen LogP contribution < -0.4 is 0 Å². The first-order valence-corrected chi connectivity index (χ1v) is 7.39. The molecule has 0 aliphatic heterocycles. The van der Waals surface area contributed by atoms with Crippen molar-refractivity contribution in [2.75, 3.05) is 0 Å². The monoisotopic (exact) mass is 405 g/mol. The van der Waals surface area contributed by atoms with Crippen LogP contribution >= 0.6 is 49.2 Å². The van der Waals surface area contributed by atoms with E-state index in [4.69, 9.17) is 15.9 Å². The summed E-state index contributed by atoms with van der Waals surface area (Å²) in [6, 6.07) is 4.68. The molecule has 7 heteroatoms. The molecule has 1 aromatic carbocycles. The molecule has 0 radical (unpaired) electrons. The predicted molar refractivity (Wildman–Crippen MR) is 64.6 cm³/mol. The van der Waals surface area contributed by atoms with Crippen LogP contribution in [-0.4, -0.2) is 8.42 Å². The lowest BCUT2D eigenvalue weighted by Gasteiger charge is -2.03.